The van der Waals surface area contributed by atoms with Crippen molar-refractivity contribution < 1.29 is 28.6 Å². The van der Waals surface area contributed by atoms with Crippen molar-refractivity contribution in [1.29, 1.82) is 0 Å². The fraction of sp³-hybridized carbons (Fsp3) is 0.770. The van der Waals surface area contributed by atoms with Crippen molar-refractivity contribution >= 4 is 17.9 Å². The Bertz CT molecular complexity index is 1520. The van der Waals surface area contributed by atoms with E-state index in [1.165, 1.54) is 199 Å². The molecule has 462 valence electrons. The quantitative estimate of drug-likeness (QED) is 0.0261. The van der Waals surface area contributed by atoms with Gasteiger partial charge >= 0.3 is 17.9 Å². The Morgan fingerprint density at radius 1 is 0.263 bits per heavy atom. The van der Waals surface area contributed by atoms with Crippen LogP contribution < -0.4 is 0 Å². The number of carbonyl (C=O) groups is 3. The third kappa shape index (κ3) is 65.4. The third-order valence-electron chi connectivity index (χ3n) is 15.2. The van der Waals surface area contributed by atoms with Gasteiger partial charge in [-0.15, -0.1) is 0 Å². The Kier molecular flexibility index (Phi) is 65.2. The second kappa shape index (κ2) is 68.1. The summed E-state index contributed by atoms with van der Waals surface area (Å²) in [6, 6.07) is 0. The molecule has 6 heteroatoms. The highest BCUT2D eigenvalue weighted by molar-refractivity contribution is 5.71. The maximum atomic E-state index is 12.9. The van der Waals surface area contributed by atoms with E-state index in [4.69, 9.17) is 14.2 Å². The maximum absolute atomic E-state index is 12.9. The molecule has 0 fully saturated rings. The van der Waals surface area contributed by atoms with Crippen molar-refractivity contribution in [2.24, 2.45) is 0 Å². The highest BCUT2D eigenvalue weighted by Gasteiger charge is 2.19. The van der Waals surface area contributed by atoms with E-state index in [1.54, 1.807) is 0 Å². The van der Waals surface area contributed by atoms with Crippen molar-refractivity contribution in [3.63, 3.8) is 0 Å². The summed E-state index contributed by atoms with van der Waals surface area (Å²) < 4.78 is 16.8. The van der Waals surface area contributed by atoms with Gasteiger partial charge in [-0.3, -0.25) is 14.4 Å². The van der Waals surface area contributed by atoms with Gasteiger partial charge in [0.1, 0.15) is 13.2 Å². The van der Waals surface area contributed by atoms with Crippen LogP contribution in [-0.4, -0.2) is 37.2 Å². The molecule has 0 aliphatic heterocycles. The van der Waals surface area contributed by atoms with E-state index in [2.05, 4.69) is 99.8 Å². The first-order chi connectivity index (χ1) is 39.5. The molecule has 1 unspecified atom stereocenters. The molecule has 0 aromatic heterocycles. The van der Waals surface area contributed by atoms with Crippen molar-refractivity contribution in [1.82, 2.24) is 0 Å². The van der Waals surface area contributed by atoms with Gasteiger partial charge < -0.3 is 14.2 Å². The standard InChI is InChI=1S/C74H130O6/c1-4-7-10-13-16-19-22-25-27-28-29-30-31-32-33-34-35-36-37-38-39-40-41-42-43-44-45-47-49-52-55-58-61-64-67-73(76)79-70-71(69-78-72(75)66-63-60-57-54-51-48-24-21-18-15-12-9-6-3)80-74(77)68-65-62-59-56-53-50-46-26-23-20-17-14-11-8-5-2/h8-9,11-12,17-18,20-21,26,46,48,51,57,60,71H,4-7,10,13-16,19,22-25,27-45,47,49-50,52-56,58-59,61-70H2,1-3H3/b11-8-,12-9-,20-17-,21-18-,46-26-,51-48-,60-57-. The van der Waals surface area contributed by atoms with Crippen LogP contribution in [0.2, 0.25) is 0 Å². The van der Waals surface area contributed by atoms with Crippen LogP contribution in [0.4, 0.5) is 0 Å². The van der Waals surface area contributed by atoms with Crippen LogP contribution >= 0.6 is 0 Å². The Labute approximate surface area is 496 Å². The smallest absolute Gasteiger partial charge is 0.306 e. The molecule has 0 saturated heterocycles. The molecule has 0 rings (SSSR count). The summed E-state index contributed by atoms with van der Waals surface area (Å²) in [6.07, 6.45) is 90.9. The van der Waals surface area contributed by atoms with Gasteiger partial charge in [0.05, 0.1) is 0 Å². The van der Waals surface area contributed by atoms with Gasteiger partial charge in [-0.2, -0.15) is 0 Å². The highest BCUT2D eigenvalue weighted by atomic mass is 16.6. The van der Waals surface area contributed by atoms with Crippen LogP contribution in [0, 0.1) is 0 Å². The minimum atomic E-state index is -0.815. The van der Waals surface area contributed by atoms with Crippen LogP contribution in [0.1, 0.15) is 348 Å². The van der Waals surface area contributed by atoms with Gasteiger partial charge in [-0.1, -0.05) is 337 Å². The number of carbonyl (C=O) groups excluding carboxylic acids is 3. The minimum absolute atomic E-state index is 0.104. The summed E-state index contributed by atoms with van der Waals surface area (Å²) >= 11 is 0. The number of hydrogen-bond acceptors (Lipinski definition) is 6. The second-order valence-electron chi connectivity index (χ2n) is 23.0. The van der Waals surface area contributed by atoms with Gasteiger partial charge in [-0.05, 0) is 77.0 Å². The Balaban J connectivity index is 4.11. The molecule has 80 heavy (non-hydrogen) atoms. The van der Waals surface area contributed by atoms with Crippen LogP contribution in [0.3, 0.4) is 0 Å². The van der Waals surface area contributed by atoms with Gasteiger partial charge in [0, 0.05) is 19.3 Å². The number of ether oxygens (including phenoxy) is 3. The molecule has 0 saturated carbocycles. The summed E-state index contributed by atoms with van der Waals surface area (Å²) in [7, 11) is 0. The molecule has 0 amide bonds. The predicted octanol–water partition coefficient (Wildman–Crippen LogP) is 23.8. The molecule has 1 atom stereocenters. The van der Waals surface area contributed by atoms with Crippen LogP contribution in [0.25, 0.3) is 0 Å². The van der Waals surface area contributed by atoms with Gasteiger partial charge in [0.15, 0.2) is 6.10 Å². The lowest BCUT2D eigenvalue weighted by Gasteiger charge is -2.18. The van der Waals surface area contributed by atoms with E-state index in [1.807, 2.05) is 6.08 Å². The monoisotopic (exact) mass is 1110 g/mol. The first-order valence-corrected chi connectivity index (χ1v) is 34.6. The summed E-state index contributed by atoms with van der Waals surface area (Å²) in [6.45, 7) is 6.37. The Morgan fingerprint density at radius 2 is 0.512 bits per heavy atom. The molecular weight excluding hydrogens is 985 g/mol. The fourth-order valence-electron chi connectivity index (χ4n) is 10.1. The number of esters is 3. The van der Waals surface area contributed by atoms with E-state index in [0.717, 1.165) is 103 Å². The maximum Gasteiger partial charge on any atom is 0.306 e. The normalized spacial score (nSPS) is 12.6. The Hall–Kier alpha value is -3.41. The molecule has 0 aromatic rings. The molecular formula is C74H130O6. The lowest BCUT2D eigenvalue weighted by Crippen LogP contribution is -2.30. The van der Waals surface area contributed by atoms with E-state index in [-0.39, 0.29) is 37.5 Å². The first-order valence-electron chi connectivity index (χ1n) is 34.6. The van der Waals surface area contributed by atoms with Crippen LogP contribution in [-0.2, 0) is 28.6 Å². The van der Waals surface area contributed by atoms with E-state index in [0.29, 0.717) is 19.3 Å². The van der Waals surface area contributed by atoms with Crippen molar-refractivity contribution in [3.05, 3.63) is 85.1 Å². The third-order valence-corrected chi connectivity index (χ3v) is 15.2. The number of unbranched alkanes of at least 4 members (excludes halogenated alkanes) is 38. The number of allylic oxidation sites excluding steroid dienone is 14. The lowest BCUT2D eigenvalue weighted by atomic mass is 10.0. The lowest BCUT2D eigenvalue weighted by molar-refractivity contribution is -0.166. The molecule has 0 N–H and O–H groups in total. The minimum Gasteiger partial charge on any atom is -0.462 e. The van der Waals surface area contributed by atoms with E-state index < -0.39 is 6.10 Å². The zero-order chi connectivity index (χ0) is 57.8. The SMILES string of the molecule is CC/C=C\C/C=C\C/C=C\C/C=C\CCC(=O)OCC(COC(=O)CCCCCCCCCCCCCCCCCCCCCCCCCCCCCCCCCCCC)OC(=O)CCCCCCC/C=C\C/C=C\C/C=C\CC. The predicted molar refractivity (Wildman–Crippen MR) is 348 cm³/mol. The fourth-order valence-corrected chi connectivity index (χ4v) is 10.1. The molecule has 0 aliphatic rings. The molecule has 0 aromatic carbocycles. The zero-order valence-electron chi connectivity index (χ0n) is 53.1. The Morgan fingerprint density at radius 3 is 0.838 bits per heavy atom. The van der Waals surface area contributed by atoms with Crippen LogP contribution in [0.15, 0.2) is 85.1 Å². The zero-order valence-corrected chi connectivity index (χ0v) is 53.1. The van der Waals surface area contributed by atoms with E-state index in [9.17, 15) is 14.4 Å². The van der Waals surface area contributed by atoms with Gasteiger partial charge in [0.25, 0.3) is 0 Å². The summed E-state index contributed by atoms with van der Waals surface area (Å²) in [5, 5.41) is 0. The van der Waals surface area contributed by atoms with Crippen molar-refractivity contribution in [2.75, 3.05) is 13.2 Å². The first kappa shape index (κ1) is 76.6. The summed E-state index contributed by atoms with van der Waals surface area (Å²) in [5.41, 5.74) is 0. The average Bonchev–Trinajstić information content (AvgIpc) is 3.46. The van der Waals surface area contributed by atoms with Crippen LogP contribution in [0.5, 0.6) is 0 Å². The molecule has 0 radical (unpaired) electrons. The molecule has 0 heterocycles. The van der Waals surface area contributed by atoms with Gasteiger partial charge in [-0.25, -0.2) is 0 Å². The number of hydrogen-bond donors (Lipinski definition) is 0. The second-order valence-corrected chi connectivity index (χ2v) is 23.0. The molecule has 0 aliphatic carbocycles. The molecule has 0 bridgehead atoms. The molecule has 0 spiro atoms. The van der Waals surface area contributed by atoms with Crippen molar-refractivity contribution in [2.45, 2.75) is 354 Å². The molecule has 6 nitrogen and oxygen atoms in total. The summed E-state index contributed by atoms with van der Waals surface area (Å²) in [5.74, 6) is -0.994. The van der Waals surface area contributed by atoms with E-state index >= 15 is 0 Å². The highest BCUT2D eigenvalue weighted by Crippen LogP contribution is 2.18. The van der Waals surface area contributed by atoms with Crippen molar-refractivity contribution in [3.8, 4) is 0 Å². The average molecular weight is 1120 g/mol. The summed E-state index contributed by atoms with van der Waals surface area (Å²) in [4.78, 5) is 38.2. The topological polar surface area (TPSA) is 78.9 Å². The number of rotatable bonds is 63. The largest absolute Gasteiger partial charge is 0.462 e. The van der Waals surface area contributed by atoms with Gasteiger partial charge in [0.2, 0.25) is 0 Å².